The summed E-state index contributed by atoms with van der Waals surface area (Å²) in [5.41, 5.74) is 4.42. The number of hydrogen-bond acceptors (Lipinski definition) is 1. The van der Waals surface area contributed by atoms with Gasteiger partial charge in [-0.3, -0.25) is 0 Å². The average Bonchev–Trinajstić information content (AvgIpc) is 2.11. The first-order valence-corrected chi connectivity index (χ1v) is 6.09. The number of aryl methyl sites for hydroxylation is 2. The average molecular weight is 219 g/mol. The third-order valence-electron chi connectivity index (χ3n) is 2.68. The minimum Gasteiger partial charge on any atom is -0.310 e. The van der Waals surface area contributed by atoms with E-state index in [1.165, 1.54) is 16.7 Å². The van der Waals surface area contributed by atoms with Crippen LogP contribution >= 0.6 is 0 Å². The van der Waals surface area contributed by atoms with Gasteiger partial charge in [-0.25, -0.2) is 0 Å². The Morgan fingerprint density at radius 2 is 1.56 bits per heavy atom. The number of benzene rings is 1. The largest absolute Gasteiger partial charge is 0.310 e. The van der Waals surface area contributed by atoms with Gasteiger partial charge in [-0.15, -0.1) is 0 Å². The van der Waals surface area contributed by atoms with E-state index in [1.807, 2.05) is 0 Å². The highest BCUT2D eigenvalue weighted by molar-refractivity contribution is 5.30. The molecule has 0 fully saturated rings. The summed E-state index contributed by atoms with van der Waals surface area (Å²) in [4.78, 5) is 0. The third kappa shape index (κ3) is 4.36. The normalized spacial score (nSPS) is 13.9. The van der Waals surface area contributed by atoms with Crippen molar-refractivity contribution in [2.45, 2.75) is 47.6 Å². The molecule has 16 heavy (non-hydrogen) atoms. The minimum atomic E-state index is 0.340. The molecule has 0 spiro atoms. The first kappa shape index (κ1) is 13.2. The van der Waals surface area contributed by atoms with Crippen molar-refractivity contribution in [1.29, 1.82) is 0 Å². The monoisotopic (exact) mass is 219 g/mol. The van der Waals surface area contributed by atoms with Crippen LogP contribution in [0.1, 0.15) is 50.4 Å². The Morgan fingerprint density at radius 1 is 1.06 bits per heavy atom. The van der Waals surface area contributed by atoms with Crippen molar-refractivity contribution in [3.8, 4) is 0 Å². The molecule has 1 rings (SSSR count). The van der Waals surface area contributed by atoms with E-state index in [4.69, 9.17) is 0 Å². The molecule has 0 bridgehead atoms. The van der Waals surface area contributed by atoms with Crippen molar-refractivity contribution >= 4 is 0 Å². The maximum absolute atomic E-state index is 3.59. The van der Waals surface area contributed by atoms with Gasteiger partial charge < -0.3 is 5.32 Å². The van der Waals surface area contributed by atoms with Crippen LogP contribution in [0.4, 0.5) is 0 Å². The molecule has 1 atom stereocenters. The van der Waals surface area contributed by atoms with Gasteiger partial charge in [-0.1, -0.05) is 50.1 Å². The van der Waals surface area contributed by atoms with Crippen molar-refractivity contribution in [2.75, 3.05) is 6.54 Å². The summed E-state index contributed by atoms with van der Waals surface area (Å²) >= 11 is 0. The van der Waals surface area contributed by atoms with E-state index in [2.05, 4.69) is 65.1 Å². The van der Waals surface area contributed by atoms with Crippen molar-refractivity contribution in [3.63, 3.8) is 0 Å². The van der Waals surface area contributed by atoms with Crippen LogP contribution in [0.2, 0.25) is 0 Å². The molecule has 1 N–H and O–H groups in total. The van der Waals surface area contributed by atoms with Crippen molar-refractivity contribution in [1.82, 2.24) is 5.32 Å². The highest BCUT2D eigenvalue weighted by Gasteiger charge is 2.12. The molecule has 1 nitrogen and oxygen atoms in total. The van der Waals surface area contributed by atoms with E-state index in [0.717, 1.165) is 6.54 Å². The summed E-state index contributed by atoms with van der Waals surface area (Å²) in [6.07, 6.45) is 0. The molecular formula is C15H25N. The second-order valence-electron chi connectivity index (χ2n) is 6.08. The molecule has 0 saturated heterocycles. The lowest BCUT2D eigenvalue weighted by Gasteiger charge is -2.23. The Balaban J connectivity index is 2.69. The molecule has 0 aliphatic carbocycles. The van der Waals surface area contributed by atoms with Crippen molar-refractivity contribution < 1.29 is 0 Å². The van der Waals surface area contributed by atoms with Gasteiger partial charge in [-0.05, 0) is 31.7 Å². The van der Waals surface area contributed by atoms with Crippen LogP contribution in [0.5, 0.6) is 0 Å². The zero-order chi connectivity index (χ0) is 12.3. The minimum absolute atomic E-state index is 0.340. The Morgan fingerprint density at radius 3 is 2.00 bits per heavy atom. The summed E-state index contributed by atoms with van der Waals surface area (Å²) in [5, 5.41) is 3.59. The molecule has 0 saturated carbocycles. The molecule has 1 aromatic carbocycles. The summed E-state index contributed by atoms with van der Waals surface area (Å²) in [7, 11) is 0. The highest BCUT2D eigenvalue weighted by Crippen LogP contribution is 2.18. The molecule has 0 aliphatic rings. The fourth-order valence-electron chi connectivity index (χ4n) is 1.84. The Labute approximate surface area is 100 Å². The van der Waals surface area contributed by atoms with Gasteiger partial charge >= 0.3 is 0 Å². The van der Waals surface area contributed by atoms with Gasteiger partial charge in [-0.2, -0.15) is 0 Å². The van der Waals surface area contributed by atoms with Crippen LogP contribution in [-0.2, 0) is 0 Å². The second kappa shape index (κ2) is 5.01. The van der Waals surface area contributed by atoms with E-state index in [9.17, 15) is 0 Å². The van der Waals surface area contributed by atoms with Crippen LogP contribution in [0, 0.1) is 19.3 Å². The van der Waals surface area contributed by atoms with E-state index < -0.39 is 0 Å². The molecule has 1 aromatic rings. The lowest BCUT2D eigenvalue weighted by Crippen LogP contribution is -2.29. The smallest absolute Gasteiger partial charge is 0.0292 e. The number of rotatable bonds is 3. The van der Waals surface area contributed by atoms with Crippen molar-refractivity contribution in [3.05, 3.63) is 34.9 Å². The van der Waals surface area contributed by atoms with E-state index in [0.29, 0.717) is 11.5 Å². The van der Waals surface area contributed by atoms with Crippen LogP contribution in [0.3, 0.4) is 0 Å². The fraction of sp³-hybridized carbons (Fsp3) is 0.600. The van der Waals surface area contributed by atoms with Gasteiger partial charge in [0.25, 0.3) is 0 Å². The quantitative estimate of drug-likeness (QED) is 0.810. The van der Waals surface area contributed by atoms with Gasteiger partial charge in [0.2, 0.25) is 0 Å². The lowest BCUT2D eigenvalue weighted by atomic mass is 9.95. The van der Waals surface area contributed by atoms with Crippen LogP contribution in [0.25, 0.3) is 0 Å². The zero-order valence-corrected chi connectivity index (χ0v) is 11.5. The molecule has 0 heterocycles. The predicted molar refractivity (Wildman–Crippen MR) is 71.8 cm³/mol. The van der Waals surface area contributed by atoms with Crippen LogP contribution in [0.15, 0.2) is 18.2 Å². The molecule has 0 amide bonds. The molecule has 1 heteroatoms. The highest BCUT2D eigenvalue weighted by atomic mass is 14.9. The van der Waals surface area contributed by atoms with Crippen LogP contribution < -0.4 is 5.32 Å². The summed E-state index contributed by atoms with van der Waals surface area (Å²) in [6.45, 7) is 14.4. The summed E-state index contributed by atoms with van der Waals surface area (Å²) < 4.78 is 0. The van der Waals surface area contributed by atoms with Crippen molar-refractivity contribution in [2.24, 2.45) is 5.41 Å². The van der Waals surface area contributed by atoms with E-state index >= 15 is 0 Å². The Kier molecular flexibility index (Phi) is 4.15. The molecule has 0 aliphatic heterocycles. The Hall–Kier alpha value is -0.820. The maximum Gasteiger partial charge on any atom is 0.0292 e. The second-order valence-corrected chi connectivity index (χ2v) is 6.08. The SMILES string of the molecule is Cc1cc(C)cc(C(C)NCC(C)(C)C)c1. The van der Waals surface area contributed by atoms with E-state index in [1.54, 1.807) is 0 Å². The van der Waals surface area contributed by atoms with E-state index in [-0.39, 0.29) is 0 Å². The zero-order valence-electron chi connectivity index (χ0n) is 11.5. The van der Waals surface area contributed by atoms with Gasteiger partial charge in [0.1, 0.15) is 0 Å². The predicted octanol–water partition coefficient (Wildman–Crippen LogP) is 4.00. The number of hydrogen-bond donors (Lipinski definition) is 1. The maximum atomic E-state index is 3.59. The first-order valence-electron chi connectivity index (χ1n) is 6.09. The van der Waals surface area contributed by atoms with Gasteiger partial charge in [0.05, 0.1) is 0 Å². The first-order chi connectivity index (χ1) is 7.28. The molecule has 1 unspecified atom stereocenters. The molecular weight excluding hydrogens is 194 g/mol. The fourth-order valence-corrected chi connectivity index (χ4v) is 1.84. The molecule has 90 valence electrons. The van der Waals surface area contributed by atoms with Crippen LogP contribution in [-0.4, -0.2) is 6.54 Å². The third-order valence-corrected chi connectivity index (χ3v) is 2.68. The Bertz CT molecular complexity index is 327. The number of nitrogens with one attached hydrogen (secondary N) is 1. The van der Waals surface area contributed by atoms with Gasteiger partial charge in [0, 0.05) is 12.6 Å². The molecule has 0 aromatic heterocycles. The summed E-state index contributed by atoms with van der Waals surface area (Å²) in [6, 6.07) is 7.19. The molecule has 0 radical (unpaired) electrons. The lowest BCUT2D eigenvalue weighted by molar-refractivity contribution is 0.359. The standard InChI is InChI=1S/C15H25N/c1-11-7-12(2)9-14(8-11)13(3)16-10-15(4,5)6/h7-9,13,16H,10H2,1-6H3. The van der Waals surface area contributed by atoms with Gasteiger partial charge in [0.15, 0.2) is 0 Å². The topological polar surface area (TPSA) is 12.0 Å². The summed E-state index contributed by atoms with van der Waals surface area (Å²) in [5.74, 6) is 0.